The third-order valence-corrected chi connectivity index (χ3v) is 6.96. The summed E-state index contributed by atoms with van der Waals surface area (Å²) in [5.41, 5.74) is 0.188. The van der Waals surface area contributed by atoms with Gasteiger partial charge in [-0.15, -0.1) is 0 Å². The number of aromatic nitrogens is 2. The van der Waals surface area contributed by atoms with Crippen molar-refractivity contribution in [2.24, 2.45) is 11.8 Å². The van der Waals surface area contributed by atoms with E-state index in [2.05, 4.69) is 14.9 Å². The van der Waals surface area contributed by atoms with Gasteiger partial charge in [-0.2, -0.15) is 0 Å². The number of carbonyl (C=O) groups is 1. The third-order valence-electron chi connectivity index (χ3n) is 6.96. The lowest BCUT2D eigenvalue weighted by Crippen LogP contribution is -2.49. The standard InChI is InChI=1S/C27H37FN4O3/c1-4-32(19(2)3)27(33)23-12-22(28)10-11-24(23)35-25-13-29-18-30-26(25)31-14-21(15-31)17-34-16-20-8-6-5-7-9-20/h10-13,18-21H,4-9,14-17H2,1-3H3. The van der Waals surface area contributed by atoms with Crippen LogP contribution < -0.4 is 9.64 Å². The molecule has 0 bridgehead atoms. The van der Waals surface area contributed by atoms with Crippen LogP contribution in [0.3, 0.4) is 0 Å². The molecule has 1 aromatic heterocycles. The van der Waals surface area contributed by atoms with Crippen molar-refractivity contribution in [3.63, 3.8) is 0 Å². The van der Waals surface area contributed by atoms with Gasteiger partial charge in [0.2, 0.25) is 0 Å². The highest BCUT2D eigenvalue weighted by molar-refractivity contribution is 5.97. The average molecular weight is 485 g/mol. The Morgan fingerprint density at radius 3 is 2.60 bits per heavy atom. The molecule has 0 unspecified atom stereocenters. The number of amides is 1. The summed E-state index contributed by atoms with van der Waals surface area (Å²) in [4.78, 5) is 25.5. The molecular weight excluding hydrogens is 447 g/mol. The molecule has 1 amide bonds. The van der Waals surface area contributed by atoms with Gasteiger partial charge in [-0.05, 0) is 57.7 Å². The van der Waals surface area contributed by atoms with Gasteiger partial charge in [0.25, 0.3) is 5.91 Å². The normalized spacial score (nSPS) is 16.9. The van der Waals surface area contributed by atoms with E-state index < -0.39 is 5.82 Å². The van der Waals surface area contributed by atoms with E-state index in [0.29, 0.717) is 35.7 Å². The zero-order valence-electron chi connectivity index (χ0n) is 21.1. The Labute approximate surface area is 207 Å². The minimum absolute atomic E-state index is 0.0161. The van der Waals surface area contributed by atoms with Crippen LogP contribution in [0.15, 0.2) is 30.7 Å². The average Bonchev–Trinajstić information content (AvgIpc) is 2.83. The molecule has 1 aliphatic carbocycles. The van der Waals surface area contributed by atoms with Crippen LogP contribution >= 0.6 is 0 Å². The molecule has 2 aromatic rings. The summed E-state index contributed by atoms with van der Waals surface area (Å²) in [5.74, 6) is 1.82. The first-order valence-corrected chi connectivity index (χ1v) is 12.9. The number of hydrogen-bond acceptors (Lipinski definition) is 6. The van der Waals surface area contributed by atoms with Gasteiger partial charge in [0, 0.05) is 38.2 Å². The highest BCUT2D eigenvalue weighted by Gasteiger charge is 2.31. The SMILES string of the molecule is CCN(C(=O)c1cc(F)ccc1Oc1cncnc1N1CC(COCC2CCCCC2)C1)C(C)C. The fourth-order valence-corrected chi connectivity index (χ4v) is 5.00. The van der Waals surface area contributed by atoms with Crippen molar-refractivity contribution in [3.8, 4) is 11.5 Å². The third kappa shape index (κ3) is 6.28. The Kier molecular flexibility index (Phi) is 8.55. The number of nitrogens with zero attached hydrogens (tertiary/aromatic N) is 4. The summed E-state index contributed by atoms with van der Waals surface area (Å²) in [5, 5.41) is 0. The molecule has 0 atom stereocenters. The van der Waals surface area contributed by atoms with E-state index in [4.69, 9.17) is 9.47 Å². The number of anilines is 1. The van der Waals surface area contributed by atoms with Crippen LogP contribution in [0, 0.1) is 17.7 Å². The first kappa shape index (κ1) is 25.4. The van der Waals surface area contributed by atoms with Gasteiger partial charge in [0.15, 0.2) is 11.6 Å². The number of carbonyl (C=O) groups excluding carboxylic acids is 1. The van der Waals surface area contributed by atoms with Crippen LogP contribution in [0.4, 0.5) is 10.2 Å². The Hall–Kier alpha value is -2.74. The molecule has 2 heterocycles. The zero-order valence-corrected chi connectivity index (χ0v) is 21.1. The molecule has 35 heavy (non-hydrogen) atoms. The van der Waals surface area contributed by atoms with Gasteiger partial charge in [-0.25, -0.2) is 14.4 Å². The summed E-state index contributed by atoms with van der Waals surface area (Å²) < 4.78 is 26.2. The maximum absolute atomic E-state index is 14.1. The van der Waals surface area contributed by atoms with Gasteiger partial charge < -0.3 is 19.3 Å². The fourth-order valence-electron chi connectivity index (χ4n) is 5.00. The minimum Gasteiger partial charge on any atom is -0.451 e. The Morgan fingerprint density at radius 1 is 1.14 bits per heavy atom. The molecule has 1 aliphatic heterocycles. The van der Waals surface area contributed by atoms with E-state index >= 15 is 0 Å². The predicted octanol–water partition coefficient (Wildman–Crippen LogP) is 5.31. The number of ether oxygens (including phenoxy) is 2. The van der Waals surface area contributed by atoms with E-state index in [-0.39, 0.29) is 17.5 Å². The van der Waals surface area contributed by atoms with Gasteiger partial charge in [0.05, 0.1) is 18.4 Å². The smallest absolute Gasteiger partial charge is 0.257 e. The summed E-state index contributed by atoms with van der Waals surface area (Å²) in [7, 11) is 0. The van der Waals surface area contributed by atoms with Gasteiger partial charge >= 0.3 is 0 Å². The van der Waals surface area contributed by atoms with Crippen molar-refractivity contribution in [1.82, 2.24) is 14.9 Å². The number of halogens is 1. The van der Waals surface area contributed by atoms with E-state index in [9.17, 15) is 9.18 Å². The summed E-state index contributed by atoms with van der Waals surface area (Å²) in [6, 6.07) is 4.00. The molecule has 0 spiro atoms. The lowest BCUT2D eigenvalue weighted by molar-refractivity contribution is 0.0530. The van der Waals surface area contributed by atoms with Gasteiger partial charge in [-0.1, -0.05) is 19.3 Å². The minimum atomic E-state index is -0.483. The van der Waals surface area contributed by atoms with Gasteiger partial charge in [0.1, 0.15) is 17.9 Å². The summed E-state index contributed by atoms with van der Waals surface area (Å²) in [6.07, 6.45) is 9.68. The fraction of sp³-hybridized carbons (Fsp3) is 0.593. The number of benzene rings is 1. The zero-order chi connectivity index (χ0) is 24.8. The van der Waals surface area contributed by atoms with Crippen molar-refractivity contribution in [1.29, 1.82) is 0 Å². The van der Waals surface area contributed by atoms with E-state index in [1.54, 1.807) is 11.1 Å². The largest absolute Gasteiger partial charge is 0.451 e. The summed E-state index contributed by atoms with van der Waals surface area (Å²) >= 11 is 0. The quantitative estimate of drug-likeness (QED) is 0.455. The van der Waals surface area contributed by atoms with E-state index in [0.717, 1.165) is 26.3 Å². The first-order chi connectivity index (χ1) is 17.0. The van der Waals surface area contributed by atoms with Crippen LogP contribution in [0.2, 0.25) is 0 Å². The number of hydrogen-bond donors (Lipinski definition) is 0. The highest BCUT2D eigenvalue weighted by Crippen LogP contribution is 2.35. The Morgan fingerprint density at radius 2 is 1.89 bits per heavy atom. The Balaban J connectivity index is 1.40. The molecule has 0 radical (unpaired) electrons. The van der Waals surface area contributed by atoms with Crippen molar-refractivity contribution in [2.75, 3.05) is 37.7 Å². The molecule has 4 rings (SSSR count). The lowest BCUT2D eigenvalue weighted by Gasteiger charge is -2.40. The van der Waals surface area contributed by atoms with Crippen LogP contribution in [0.25, 0.3) is 0 Å². The highest BCUT2D eigenvalue weighted by atomic mass is 19.1. The van der Waals surface area contributed by atoms with Crippen molar-refractivity contribution in [2.45, 2.75) is 58.9 Å². The van der Waals surface area contributed by atoms with Crippen molar-refractivity contribution in [3.05, 3.63) is 42.1 Å². The topological polar surface area (TPSA) is 67.8 Å². The molecule has 1 saturated heterocycles. The van der Waals surface area contributed by atoms with Crippen LogP contribution in [0.1, 0.15) is 63.2 Å². The van der Waals surface area contributed by atoms with Crippen LogP contribution in [0.5, 0.6) is 11.5 Å². The molecular formula is C27H37FN4O3. The predicted molar refractivity (Wildman–Crippen MR) is 133 cm³/mol. The molecule has 1 aromatic carbocycles. The molecule has 7 nitrogen and oxygen atoms in total. The maximum Gasteiger partial charge on any atom is 0.257 e. The lowest BCUT2D eigenvalue weighted by atomic mass is 9.90. The molecule has 1 saturated carbocycles. The van der Waals surface area contributed by atoms with E-state index in [1.807, 2.05) is 20.8 Å². The first-order valence-electron chi connectivity index (χ1n) is 12.9. The monoisotopic (exact) mass is 484 g/mol. The molecule has 0 N–H and O–H groups in total. The maximum atomic E-state index is 14.1. The molecule has 2 aliphatic rings. The van der Waals surface area contributed by atoms with E-state index in [1.165, 1.54) is 56.6 Å². The second kappa shape index (κ2) is 11.8. The molecule has 190 valence electrons. The van der Waals surface area contributed by atoms with Crippen molar-refractivity contribution >= 4 is 11.7 Å². The number of rotatable bonds is 10. The van der Waals surface area contributed by atoms with Crippen LogP contribution in [-0.4, -0.2) is 59.7 Å². The molecule has 2 fully saturated rings. The Bertz CT molecular complexity index is 990. The second-order valence-electron chi connectivity index (χ2n) is 9.95. The van der Waals surface area contributed by atoms with Crippen molar-refractivity contribution < 1.29 is 18.7 Å². The van der Waals surface area contributed by atoms with Crippen LogP contribution in [-0.2, 0) is 4.74 Å². The molecule has 8 heteroatoms. The summed E-state index contributed by atoms with van der Waals surface area (Å²) in [6.45, 7) is 9.56. The van der Waals surface area contributed by atoms with Gasteiger partial charge in [-0.3, -0.25) is 4.79 Å². The second-order valence-corrected chi connectivity index (χ2v) is 9.95.